The quantitative estimate of drug-likeness (QED) is 0.629. The van der Waals surface area contributed by atoms with Gasteiger partial charge >= 0.3 is 0 Å². The number of hydrogen-bond acceptors (Lipinski definition) is 3. The molecule has 2 fully saturated rings. The molecule has 0 radical (unpaired) electrons. The van der Waals surface area contributed by atoms with Crippen LogP contribution in [0.2, 0.25) is 5.02 Å². The van der Waals surface area contributed by atoms with Gasteiger partial charge in [-0.15, -0.1) is 0 Å². The molecule has 2 aliphatic carbocycles. The zero-order valence-electron chi connectivity index (χ0n) is 13.4. The summed E-state index contributed by atoms with van der Waals surface area (Å²) in [7, 11) is 0. The van der Waals surface area contributed by atoms with Crippen molar-refractivity contribution in [3.8, 4) is 0 Å². The van der Waals surface area contributed by atoms with Gasteiger partial charge in [0.05, 0.1) is 18.4 Å². The first-order chi connectivity index (χ1) is 12.1. The van der Waals surface area contributed by atoms with Gasteiger partial charge in [-0.1, -0.05) is 35.9 Å². The number of carbonyl (C=O) groups excluding carboxylic acids is 2. The Bertz CT molecular complexity index is 872. The van der Waals surface area contributed by atoms with Gasteiger partial charge < -0.3 is 0 Å². The molecule has 0 unspecified atom stereocenters. The minimum atomic E-state index is -0.191. The number of fused-ring (bicyclic) bond motifs is 5. The second kappa shape index (κ2) is 5.30. The maximum atomic E-state index is 12.8. The van der Waals surface area contributed by atoms with Gasteiger partial charge in [-0.3, -0.25) is 14.3 Å². The molecule has 5 rings (SSSR count). The van der Waals surface area contributed by atoms with Crippen molar-refractivity contribution in [2.75, 3.05) is 4.90 Å². The third-order valence-corrected chi connectivity index (χ3v) is 5.84. The molecule has 1 saturated heterocycles. The normalized spacial score (nSPS) is 29.7. The fourth-order valence-electron chi connectivity index (χ4n) is 4.46. The molecule has 2 heterocycles. The molecule has 2 amide bonds. The number of carbonyl (C=O) groups is 2. The van der Waals surface area contributed by atoms with E-state index in [1.165, 1.54) is 4.90 Å². The monoisotopic (exact) mass is 353 g/mol. The Morgan fingerprint density at radius 2 is 1.64 bits per heavy atom. The number of allylic oxidation sites excluding steroid dienone is 2. The fourth-order valence-corrected chi connectivity index (χ4v) is 4.59. The molecular weight excluding hydrogens is 338 g/mol. The highest BCUT2D eigenvalue weighted by atomic mass is 35.5. The molecule has 6 heteroatoms. The van der Waals surface area contributed by atoms with Gasteiger partial charge in [-0.2, -0.15) is 5.10 Å². The molecule has 0 N–H and O–H groups in total. The third kappa shape index (κ3) is 2.19. The number of benzene rings is 1. The molecule has 25 heavy (non-hydrogen) atoms. The summed E-state index contributed by atoms with van der Waals surface area (Å²) >= 11 is 5.90. The van der Waals surface area contributed by atoms with Crippen LogP contribution in [0.15, 0.2) is 48.7 Å². The minimum Gasteiger partial charge on any atom is -0.274 e. The molecule has 0 spiro atoms. The van der Waals surface area contributed by atoms with E-state index < -0.39 is 0 Å². The maximum Gasteiger partial charge on any atom is 0.239 e. The van der Waals surface area contributed by atoms with Gasteiger partial charge in [0, 0.05) is 17.3 Å². The van der Waals surface area contributed by atoms with Crippen LogP contribution >= 0.6 is 11.6 Å². The van der Waals surface area contributed by atoms with E-state index in [0.29, 0.717) is 17.4 Å². The lowest BCUT2D eigenvalue weighted by Crippen LogP contribution is -2.33. The van der Waals surface area contributed by atoms with Crippen LogP contribution in [-0.2, 0) is 16.1 Å². The highest BCUT2D eigenvalue weighted by Crippen LogP contribution is 2.53. The van der Waals surface area contributed by atoms with E-state index in [-0.39, 0.29) is 35.5 Å². The number of imide groups is 1. The summed E-state index contributed by atoms with van der Waals surface area (Å²) in [6.07, 6.45) is 6.93. The van der Waals surface area contributed by atoms with Crippen LogP contribution in [0, 0.1) is 23.7 Å². The average molecular weight is 354 g/mol. The van der Waals surface area contributed by atoms with E-state index in [9.17, 15) is 9.59 Å². The number of aromatic nitrogens is 2. The van der Waals surface area contributed by atoms with Gasteiger partial charge in [-0.05, 0) is 36.0 Å². The van der Waals surface area contributed by atoms with E-state index in [0.717, 1.165) is 12.0 Å². The van der Waals surface area contributed by atoms with Crippen molar-refractivity contribution in [1.29, 1.82) is 0 Å². The van der Waals surface area contributed by atoms with E-state index in [2.05, 4.69) is 17.3 Å². The Morgan fingerprint density at radius 3 is 2.28 bits per heavy atom. The number of amides is 2. The highest BCUT2D eigenvalue weighted by Gasteiger charge is 2.59. The highest BCUT2D eigenvalue weighted by molar-refractivity contribution is 6.30. The summed E-state index contributed by atoms with van der Waals surface area (Å²) < 4.78 is 1.74. The van der Waals surface area contributed by atoms with Crippen LogP contribution in [0.1, 0.15) is 12.0 Å². The summed E-state index contributed by atoms with van der Waals surface area (Å²) in [5.74, 6) is 0.290. The molecule has 1 aliphatic heterocycles. The summed E-state index contributed by atoms with van der Waals surface area (Å²) in [5.41, 5.74) is 1.05. The molecule has 2 bridgehead atoms. The fraction of sp³-hybridized carbons (Fsp3) is 0.316. The second-order valence-electron chi connectivity index (χ2n) is 7.01. The molecule has 1 aromatic carbocycles. The molecular formula is C19H16ClN3O2. The number of anilines is 1. The summed E-state index contributed by atoms with van der Waals surface area (Å²) in [6.45, 7) is 0.563. The SMILES string of the molecule is O=C1[C@@H]2[C@H](C(=O)N1c1ccn(Cc3ccc(Cl)cc3)n1)[C@@H]1C=C[C@H]2C1. The lowest BCUT2D eigenvalue weighted by atomic mass is 9.85. The summed E-state index contributed by atoms with van der Waals surface area (Å²) in [5, 5.41) is 5.14. The van der Waals surface area contributed by atoms with Crippen LogP contribution in [0.5, 0.6) is 0 Å². The maximum absolute atomic E-state index is 12.8. The first-order valence-electron chi connectivity index (χ1n) is 8.46. The molecule has 4 atom stereocenters. The molecule has 2 aromatic rings. The van der Waals surface area contributed by atoms with Crippen molar-refractivity contribution in [3.05, 3.63) is 59.3 Å². The van der Waals surface area contributed by atoms with Crippen molar-refractivity contribution in [3.63, 3.8) is 0 Å². The number of halogens is 1. The molecule has 3 aliphatic rings. The van der Waals surface area contributed by atoms with Crippen molar-refractivity contribution in [2.24, 2.45) is 23.7 Å². The Kier molecular flexibility index (Phi) is 3.16. The van der Waals surface area contributed by atoms with Gasteiger partial charge in [0.15, 0.2) is 5.82 Å². The zero-order valence-corrected chi connectivity index (χ0v) is 14.1. The van der Waals surface area contributed by atoms with Crippen LogP contribution in [-0.4, -0.2) is 21.6 Å². The average Bonchev–Trinajstić information content (AvgIpc) is 3.35. The standard InChI is InChI=1S/C19H16ClN3O2/c20-14-5-1-11(2-6-14)10-22-8-7-15(21-22)23-18(24)16-12-3-4-13(9-12)17(16)19(23)25/h1-8,12-13,16-17H,9-10H2/t12-,13+,16-,17+. The number of nitrogens with zero attached hydrogens (tertiary/aromatic N) is 3. The Balaban J connectivity index is 1.40. The van der Waals surface area contributed by atoms with E-state index in [4.69, 9.17) is 11.6 Å². The van der Waals surface area contributed by atoms with Gasteiger partial charge in [0.25, 0.3) is 0 Å². The van der Waals surface area contributed by atoms with Gasteiger partial charge in [0.1, 0.15) is 0 Å². The molecule has 1 saturated carbocycles. The molecule has 126 valence electrons. The van der Waals surface area contributed by atoms with Crippen molar-refractivity contribution in [2.45, 2.75) is 13.0 Å². The zero-order chi connectivity index (χ0) is 17.1. The summed E-state index contributed by atoms with van der Waals surface area (Å²) in [4.78, 5) is 26.9. The second-order valence-corrected chi connectivity index (χ2v) is 7.45. The Labute approximate surface area is 149 Å². The Morgan fingerprint density at radius 1 is 1.00 bits per heavy atom. The van der Waals surface area contributed by atoms with Gasteiger partial charge in [0.2, 0.25) is 11.8 Å². The third-order valence-electron chi connectivity index (χ3n) is 5.58. The van der Waals surface area contributed by atoms with Crippen molar-refractivity contribution < 1.29 is 9.59 Å². The molecule has 5 nitrogen and oxygen atoms in total. The lowest BCUT2D eigenvalue weighted by molar-refractivity contribution is -0.123. The molecule has 1 aromatic heterocycles. The topological polar surface area (TPSA) is 55.2 Å². The van der Waals surface area contributed by atoms with E-state index in [1.807, 2.05) is 24.3 Å². The first-order valence-corrected chi connectivity index (χ1v) is 8.83. The van der Waals surface area contributed by atoms with Crippen molar-refractivity contribution in [1.82, 2.24) is 9.78 Å². The minimum absolute atomic E-state index is 0.0939. The number of hydrogen-bond donors (Lipinski definition) is 0. The van der Waals surface area contributed by atoms with Crippen LogP contribution in [0.4, 0.5) is 5.82 Å². The van der Waals surface area contributed by atoms with Gasteiger partial charge in [-0.25, -0.2) is 4.90 Å². The van der Waals surface area contributed by atoms with Crippen LogP contribution in [0.3, 0.4) is 0 Å². The smallest absolute Gasteiger partial charge is 0.239 e. The van der Waals surface area contributed by atoms with E-state index in [1.54, 1.807) is 16.9 Å². The lowest BCUT2D eigenvalue weighted by Gasteiger charge is -2.14. The van der Waals surface area contributed by atoms with Crippen molar-refractivity contribution >= 4 is 29.2 Å². The predicted octanol–water partition coefficient (Wildman–Crippen LogP) is 2.90. The summed E-state index contributed by atoms with van der Waals surface area (Å²) in [6, 6.07) is 9.27. The Hall–Kier alpha value is -2.40. The van der Waals surface area contributed by atoms with Crippen LogP contribution in [0.25, 0.3) is 0 Å². The first kappa shape index (κ1) is 14.9. The predicted molar refractivity (Wildman–Crippen MR) is 93.0 cm³/mol. The van der Waals surface area contributed by atoms with E-state index >= 15 is 0 Å². The van der Waals surface area contributed by atoms with Crippen LogP contribution < -0.4 is 4.90 Å². The largest absolute Gasteiger partial charge is 0.274 e. The number of rotatable bonds is 3.